The Labute approximate surface area is 107 Å². The van der Waals surface area contributed by atoms with Crippen molar-refractivity contribution in [1.82, 2.24) is 20.3 Å². The van der Waals surface area contributed by atoms with Gasteiger partial charge in [0.15, 0.2) is 0 Å². The van der Waals surface area contributed by atoms with Gasteiger partial charge >= 0.3 is 0 Å². The van der Waals surface area contributed by atoms with Crippen molar-refractivity contribution < 1.29 is 4.42 Å². The van der Waals surface area contributed by atoms with Gasteiger partial charge in [0.25, 0.3) is 0 Å². The minimum absolute atomic E-state index is 0.0188. The first kappa shape index (κ1) is 12.8. The number of hydrogen-bond donors (Lipinski definition) is 1. The molecule has 0 radical (unpaired) electrons. The minimum Gasteiger partial charge on any atom is -0.464 e. The maximum Gasteiger partial charge on any atom is 0.127 e. The van der Waals surface area contributed by atoms with Crippen LogP contribution in [0.1, 0.15) is 43.5 Å². The van der Waals surface area contributed by atoms with E-state index < -0.39 is 0 Å². The smallest absolute Gasteiger partial charge is 0.127 e. The number of nitrogens with zero attached hydrogens (tertiary/aromatic N) is 3. The molecular weight excluding hydrogens is 228 g/mol. The molecule has 2 aromatic heterocycles. The van der Waals surface area contributed by atoms with E-state index in [0.717, 1.165) is 36.7 Å². The van der Waals surface area contributed by atoms with E-state index in [1.807, 2.05) is 23.7 Å². The molecule has 0 fully saturated rings. The fourth-order valence-electron chi connectivity index (χ4n) is 2.04. The average molecular weight is 248 g/mol. The number of nitrogens with one attached hydrogen (secondary N) is 1. The van der Waals surface area contributed by atoms with Crippen molar-refractivity contribution in [2.24, 2.45) is 0 Å². The fourth-order valence-corrected chi connectivity index (χ4v) is 2.04. The Morgan fingerprint density at radius 2 is 2.22 bits per heavy atom. The van der Waals surface area contributed by atoms with Gasteiger partial charge in [-0.2, -0.15) is 0 Å². The molecule has 1 unspecified atom stereocenters. The Kier molecular flexibility index (Phi) is 4.15. The normalized spacial score (nSPS) is 12.8. The standard InChI is InChI=1S/C13H20N4O/c1-4-8-17-11(9-15-16-17)13(14-5-2)12-7-6-10(3)18-12/h6-7,9,13-14H,4-5,8H2,1-3H3. The van der Waals surface area contributed by atoms with Gasteiger partial charge in [-0.25, -0.2) is 4.68 Å². The monoisotopic (exact) mass is 248 g/mol. The van der Waals surface area contributed by atoms with E-state index in [-0.39, 0.29) is 6.04 Å². The molecule has 2 aromatic rings. The molecule has 0 spiro atoms. The lowest BCUT2D eigenvalue weighted by atomic mass is 10.1. The van der Waals surface area contributed by atoms with Crippen LogP contribution in [0.2, 0.25) is 0 Å². The third-order valence-corrected chi connectivity index (χ3v) is 2.83. The Hall–Kier alpha value is -1.62. The predicted molar refractivity (Wildman–Crippen MR) is 69.3 cm³/mol. The molecule has 0 amide bonds. The van der Waals surface area contributed by atoms with Gasteiger partial charge in [0.05, 0.1) is 11.9 Å². The SMILES string of the molecule is CCCn1nncc1C(NCC)c1ccc(C)o1. The lowest BCUT2D eigenvalue weighted by Gasteiger charge is -2.16. The molecule has 98 valence electrons. The molecule has 0 aromatic carbocycles. The highest BCUT2D eigenvalue weighted by Crippen LogP contribution is 2.23. The van der Waals surface area contributed by atoms with Crippen LogP contribution in [0.15, 0.2) is 22.7 Å². The van der Waals surface area contributed by atoms with Crippen molar-refractivity contribution in [3.05, 3.63) is 35.5 Å². The highest BCUT2D eigenvalue weighted by molar-refractivity contribution is 5.19. The molecule has 2 rings (SSSR count). The first-order valence-electron chi connectivity index (χ1n) is 6.44. The first-order valence-corrected chi connectivity index (χ1v) is 6.44. The molecular formula is C13H20N4O. The van der Waals surface area contributed by atoms with Crippen LogP contribution in [0.5, 0.6) is 0 Å². The molecule has 0 aliphatic rings. The molecule has 0 aliphatic carbocycles. The van der Waals surface area contributed by atoms with E-state index in [9.17, 15) is 0 Å². The highest BCUT2D eigenvalue weighted by atomic mass is 16.3. The quantitative estimate of drug-likeness (QED) is 0.852. The third kappa shape index (κ3) is 2.61. The molecule has 5 heteroatoms. The van der Waals surface area contributed by atoms with Crippen LogP contribution < -0.4 is 5.32 Å². The summed E-state index contributed by atoms with van der Waals surface area (Å²) < 4.78 is 7.66. The molecule has 0 bridgehead atoms. The van der Waals surface area contributed by atoms with Crippen molar-refractivity contribution in [3.8, 4) is 0 Å². The van der Waals surface area contributed by atoms with Gasteiger partial charge < -0.3 is 9.73 Å². The van der Waals surface area contributed by atoms with Crippen molar-refractivity contribution in [2.45, 2.75) is 39.8 Å². The van der Waals surface area contributed by atoms with E-state index in [2.05, 4.69) is 29.5 Å². The highest BCUT2D eigenvalue weighted by Gasteiger charge is 2.20. The second kappa shape index (κ2) is 5.82. The van der Waals surface area contributed by atoms with Gasteiger partial charge in [0, 0.05) is 6.54 Å². The Bertz CT molecular complexity index is 489. The lowest BCUT2D eigenvalue weighted by molar-refractivity contribution is 0.415. The van der Waals surface area contributed by atoms with E-state index in [1.165, 1.54) is 0 Å². The second-order valence-corrected chi connectivity index (χ2v) is 4.32. The van der Waals surface area contributed by atoms with Crippen LogP contribution >= 0.6 is 0 Å². The number of aromatic nitrogens is 3. The zero-order chi connectivity index (χ0) is 13.0. The number of aryl methyl sites for hydroxylation is 2. The second-order valence-electron chi connectivity index (χ2n) is 4.32. The number of furan rings is 1. The zero-order valence-corrected chi connectivity index (χ0v) is 11.2. The summed E-state index contributed by atoms with van der Waals surface area (Å²) in [5, 5.41) is 11.6. The average Bonchev–Trinajstić information content (AvgIpc) is 2.96. The Morgan fingerprint density at radius 3 is 2.83 bits per heavy atom. The summed E-state index contributed by atoms with van der Waals surface area (Å²) in [4.78, 5) is 0. The van der Waals surface area contributed by atoms with Crippen molar-refractivity contribution >= 4 is 0 Å². The number of hydrogen-bond acceptors (Lipinski definition) is 4. The van der Waals surface area contributed by atoms with Gasteiger partial charge in [-0.05, 0) is 32.0 Å². The van der Waals surface area contributed by atoms with E-state index in [0.29, 0.717) is 0 Å². The van der Waals surface area contributed by atoms with E-state index in [1.54, 1.807) is 6.20 Å². The van der Waals surface area contributed by atoms with Crippen LogP contribution in [-0.4, -0.2) is 21.5 Å². The fraction of sp³-hybridized carbons (Fsp3) is 0.538. The largest absolute Gasteiger partial charge is 0.464 e. The maximum absolute atomic E-state index is 5.72. The van der Waals surface area contributed by atoms with E-state index >= 15 is 0 Å². The summed E-state index contributed by atoms with van der Waals surface area (Å²) in [7, 11) is 0. The van der Waals surface area contributed by atoms with Gasteiger partial charge in [-0.1, -0.05) is 19.1 Å². The topological polar surface area (TPSA) is 55.9 Å². The van der Waals surface area contributed by atoms with Gasteiger partial charge in [-0.3, -0.25) is 0 Å². The van der Waals surface area contributed by atoms with Crippen LogP contribution in [-0.2, 0) is 6.54 Å². The molecule has 2 heterocycles. The first-order chi connectivity index (χ1) is 8.76. The van der Waals surface area contributed by atoms with Crippen LogP contribution in [0.4, 0.5) is 0 Å². The van der Waals surface area contributed by atoms with Crippen LogP contribution in [0, 0.1) is 6.92 Å². The summed E-state index contributed by atoms with van der Waals surface area (Å²) >= 11 is 0. The van der Waals surface area contributed by atoms with Gasteiger partial charge in [-0.15, -0.1) is 5.10 Å². The summed E-state index contributed by atoms with van der Waals surface area (Å²) in [6.07, 6.45) is 2.84. The van der Waals surface area contributed by atoms with Crippen molar-refractivity contribution in [2.75, 3.05) is 6.54 Å². The zero-order valence-electron chi connectivity index (χ0n) is 11.2. The summed E-state index contributed by atoms with van der Waals surface area (Å²) in [5.74, 6) is 1.83. The minimum atomic E-state index is 0.0188. The Morgan fingerprint density at radius 1 is 1.39 bits per heavy atom. The molecule has 0 saturated carbocycles. The molecule has 1 atom stereocenters. The van der Waals surface area contributed by atoms with Crippen molar-refractivity contribution in [1.29, 1.82) is 0 Å². The van der Waals surface area contributed by atoms with Gasteiger partial charge in [0.1, 0.15) is 17.6 Å². The van der Waals surface area contributed by atoms with Gasteiger partial charge in [0.2, 0.25) is 0 Å². The summed E-state index contributed by atoms with van der Waals surface area (Å²) in [6.45, 7) is 7.90. The molecule has 0 saturated heterocycles. The molecule has 1 N–H and O–H groups in total. The summed E-state index contributed by atoms with van der Waals surface area (Å²) in [6, 6.07) is 4.00. The van der Waals surface area contributed by atoms with Crippen LogP contribution in [0.25, 0.3) is 0 Å². The van der Waals surface area contributed by atoms with Crippen molar-refractivity contribution in [3.63, 3.8) is 0 Å². The summed E-state index contributed by atoms with van der Waals surface area (Å²) in [5.41, 5.74) is 1.05. The van der Waals surface area contributed by atoms with Crippen LogP contribution in [0.3, 0.4) is 0 Å². The Balaban J connectivity index is 2.31. The lowest BCUT2D eigenvalue weighted by Crippen LogP contribution is -2.24. The predicted octanol–water partition coefficient (Wildman–Crippen LogP) is 2.29. The number of rotatable bonds is 6. The third-order valence-electron chi connectivity index (χ3n) is 2.83. The maximum atomic E-state index is 5.72. The molecule has 18 heavy (non-hydrogen) atoms. The molecule has 5 nitrogen and oxygen atoms in total. The molecule has 0 aliphatic heterocycles. The van der Waals surface area contributed by atoms with E-state index in [4.69, 9.17) is 4.42 Å².